The van der Waals surface area contributed by atoms with Gasteiger partial charge in [-0.2, -0.15) is 0 Å². The molecule has 2 saturated heterocycles. The van der Waals surface area contributed by atoms with Crippen LogP contribution in [0.5, 0.6) is 0 Å². The largest absolute Gasteiger partial charge is 0.354 e. The lowest BCUT2D eigenvalue weighted by Gasteiger charge is -2.36. The third-order valence-electron chi connectivity index (χ3n) is 8.73. The molecule has 2 unspecified atom stereocenters. The van der Waals surface area contributed by atoms with Crippen molar-refractivity contribution in [2.45, 2.75) is 51.1 Å². The van der Waals surface area contributed by atoms with Crippen LogP contribution >= 0.6 is 0 Å². The van der Waals surface area contributed by atoms with Crippen LogP contribution in [-0.2, 0) is 10.2 Å². The van der Waals surface area contributed by atoms with Crippen LogP contribution in [0.15, 0.2) is 61.1 Å². The van der Waals surface area contributed by atoms with Crippen molar-refractivity contribution in [3.05, 3.63) is 77.7 Å². The molecular weight excluding hydrogens is 566 g/mol. The van der Waals surface area contributed by atoms with Crippen LogP contribution in [0, 0.1) is 0 Å². The fourth-order valence-electron chi connectivity index (χ4n) is 6.01. The molecule has 11 heteroatoms. The highest BCUT2D eigenvalue weighted by atomic mass is 16.2. The lowest BCUT2D eigenvalue weighted by molar-refractivity contribution is -0.139. The Morgan fingerprint density at radius 1 is 0.956 bits per heavy atom. The van der Waals surface area contributed by atoms with E-state index in [1.165, 1.54) is 5.56 Å². The van der Waals surface area contributed by atoms with Crippen LogP contribution in [0.3, 0.4) is 0 Å². The second-order valence-electron chi connectivity index (χ2n) is 13.1. The molecule has 2 amide bonds. The number of aromatic nitrogens is 4. The van der Waals surface area contributed by atoms with Gasteiger partial charge in [-0.15, -0.1) is 0 Å². The number of fused-ring (bicyclic) bond motifs is 1. The number of carbonyl (C=O) groups excluding carboxylic acids is 2. The average Bonchev–Trinajstić information content (AvgIpc) is 3.03. The summed E-state index contributed by atoms with van der Waals surface area (Å²) in [7, 11) is 3.80. The SMILES string of the molecule is CN1CCN(C)C(c2ccc(Nc3cc(N4CCCC(NC(=O)c5ccc(C(C)(C)C)cc5)C4)nc4nccnc34)nc2)C1=O. The molecule has 0 spiro atoms. The number of hydrogen-bond donors (Lipinski definition) is 2. The fourth-order valence-corrected chi connectivity index (χ4v) is 6.01. The number of pyridine rings is 2. The maximum absolute atomic E-state index is 13.1. The molecule has 234 valence electrons. The number of piperidine rings is 1. The molecule has 2 aliphatic rings. The number of nitrogens with one attached hydrogen (secondary N) is 2. The third kappa shape index (κ3) is 6.58. The molecule has 0 radical (unpaired) electrons. The van der Waals surface area contributed by atoms with Crippen LogP contribution in [0.2, 0.25) is 0 Å². The number of benzene rings is 1. The molecule has 0 bridgehead atoms. The molecule has 0 saturated carbocycles. The van der Waals surface area contributed by atoms with Gasteiger partial charge in [0.2, 0.25) is 5.91 Å². The van der Waals surface area contributed by atoms with E-state index in [2.05, 4.69) is 56.2 Å². The number of rotatable bonds is 6. The first-order valence-electron chi connectivity index (χ1n) is 15.5. The Bertz CT molecular complexity index is 1690. The Balaban J connectivity index is 1.19. The summed E-state index contributed by atoms with van der Waals surface area (Å²) in [5, 5.41) is 6.64. The van der Waals surface area contributed by atoms with Gasteiger partial charge < -0.3 is 20.4 Å². The van der Waals surface area contributed by atoms with Gasteiger partial charge in [0.25, 0.3) is 5.91 Å². The Labute approximate surface area is 264 Å². The van der Waals surface area contributed by atoms with Gasteiger partial charge in [0.1, 0.15) is 23.2 Å². The number of anilines is 3. The van der Waals surface area contributed by atoms with E-state index in [0.717, 1.165) is 43.0 Å². The first-order valence-corrected chi connectivity index (χ1v) is 15.5. The highest BCUT2D eigenvalue weighted by Crippen LogP contribution is 2.30. The van der Waals surface area contributed by atoms with E-state index < -0.39 is 0 Å². The molecule has 2 aliphatic heterocycles. The highest BCUT2D eigenvalue weighted by molar-refractivity contribution is 5.94. The first-order chi connectivity index (χ1) is 21.6. The molecule has 6 rings (SSSR count). The molecule has 45 heavy (non-hydrogen) atoms. The van der Waals surface area contributed by atoms with Crippen molar-refractivity contribution in [2.75, 3.05) is 50.5 Å². The summed E-state index contributed by atoms with van der Waals surface area (Å²) in [4.78, 5) is 50.5. The number of piperazine rings is 1. The van der Waals surface area contributed by atoms with E-state index in [0.29, 0.717) is 35.6 Å². The normalized spacial score (nSPS) is 19.5. The molecule has 2 fully saturated rings. The second-order valence-corrected chi connectivity index (χ2v) is 13.1. The summed E-state index contributed by atoms with van der Waals surface area (Å²) in [6.45, 7) is 9.46. The van der Waals surface area contributed by atoms with Crippen molar-refractivity contribution in [2.24, 2.45) is 0 Å². The van der Waals surface area contributed by atoms with E-state index in [9.17, 15) is 9.59 Å². The fraction of sp³-hybridized carbons (Fsp3) is 0.412. The van der Waals surface area contributed by atoms with Crippen LogP contribution in [0.25, 0.3) is 11.2 Å². The molecule has 2 atom stereocenters. The van der Waals surface area contributed by atoms with E-state index in [1.54, 1.807) is 23.5 Å². The quantitative estimate of drug-likeness (QED) is 0.331. The second kappa shape index (κ2) is 12.4. The topological polar surface area (TPSA) is 119 Å². The van der Waals surface area contributed by atoms with Gasteiger partial charge in [-0.25, -0.2) is 19.9 Å². The Kier molecular flexibility index (Phi) is 8.37. The molecular formula is C34H41N9O2. The van der Waals surface area contributed by atoms with Gasteiger partial charge in [-0.3, -0.25) is 14.5 Å². The minimum atomic E-state index is -0.347. The van der Waals surface area contributed by atoms with Gasteiger partial charge >= 0.3 is 0 Å². The van der Waals surface area contributed by atoms with Crippen molar-refractivity contribution >= 4 is 40.3 Å². The van der Waals surface area contributed by atoms with Crippen LogP contribution in [-0.4, -0.2) is 87.9 Å². The summed E-state index contributed by atoms with van der Waals surface area (Å²) in [5.74, 6) is 1.39. The van der Waals surface area contributed by atoms with Crippen LogP contribution < -0.4 is 15.5 Å². The molecule has 3 aromatic heterocycles. The summed E-state index contributed by atoms with van der Waals surface area (Å²) in [5.41, 5.74) is 4.64. The van der Waals surface area contributed by atoms with Crippen molar-refractivity contribution in [1.82, 2.24) is 35.1 Å². The molecule has 2 N–H and O–H groups in total. The minimum Gasteiger partial charge on any atom is -0.354 e. The number of amides is 2. The predicted octanol–water partition coefficient (Wildman–Crippen LogP) is 4.30. The molecule has 0 aliphatic carbocycles. The zero-order chi connectivity index (χ0) is 31.7. The van der Waals surface area contributed by atoms with E-state index in [4.69, 9.17) is 4.98 Å². The average molecular weight is 608 g/mol. The van der Waals surface area contributed by atoms with Gasteiger partial charge in [0.15, 0.2) is 5.65 Å². The van der Waals surface area contributed by atoms with Crippen molar-refractivity contribution in [3.63, 3.8) is 0 Å². The van der Waals surface area contributed by atoms with Gasteiger partial charge in [0.05, 0.1) is 5.69 Å². The van der Waals surface area contributed by atoms with E-state index in [1.807, 2.05) is 56.6 Å². The minimum absolute atomic E-state index is 0.0156. The van der Waals surface area contributed by atoms with Gasteiger partial charge in [0, 0.05) is 69.5 Å². The Morgan fingerprint density at radius 2 is 1.73 bits per heavy atom. The van der Waals surface area contributed by atoms with Gasteiger partial charge in [-0.05, 0) is 54.6 Å². The van der Waals surface area contributed by atoms with Crippen molar-refractivity contribution in [1.29, 1.82) is 0 Å². The third-order valence-corrected chi connectivity index (χ3v) is 8.73. The summed E-state index contributed by atoms with van der Waals surface area (Å²) < 4.78 is 0. The zero-order valence-electron chi connectivity index (χ0n) is 26.6. The van der Waals surface area contributed by atoms with Crippen LogP contribution in [0.1, 0.15) is 61.1 Å². The summed E-state index contributed by atoms with van der Waals surface area (Å²) in [6.07, 6.45) is 6.85. The lowest BCUT2D eigenvalue weighted by Crippen LogP contribution is -2.49. The Morgan fingerprint density at radius 3 is 2.47 bits per heavy atom. The number of nitrogens with zero attached hydrogens (tertiary/aromatic N) is 7. The highest BCUT2D eigenvalue weighted by Gasteiger charge is 2.32. The summed E-state index contributed by atoms with van der Waals surface area (Å²) >= 11 is 0. The van der Waals surface area contributed by atoms with Crippen LogP contribution in [0.4, 0.5) is 17.3 Å². The van der Waals surface area contributed by atoms with E-state index >= 15 is 0 Å². The van der Waals surface area contributed by atoms with E-state index in [-0.39, 0.29) is 29.3 Å². The predicted molar refractivity (Wildman–Crippen MR) is 176 cm³/mol. The lowest BCUT2D eigenvalue weighted by atomic mass is 9.86. The summed E-state index contributed by atoms with van der Waals surface area (Å²) in [6, 6.07) is 13.3. The van der Waals surface area contributed by atoms with Gasteiger partial charge in [-0.1, -0.05) is 39.0 Å². The standard InChI is InChI=1S/C34H41N9O2/c1-34(2,3)24-11-8-22(9-12-24)32(44)38-25-7-6-16-43(21-25)28-19-26(29-31(40-28)36-15-14-35-29)39-27-13-10-23(20-37-27)30-33(45)42(5)18-17-41(30)4/h8-15,19-20,25,30H,6-7,16-18,21H2,1-5H3,(H,38,44)(H,36,37,39,40). The Hall–Kier alpha value is -4.64. The smallest absolute Gasteiger partial charge is 0.251 e. The van der Waals surface area contributed by atoms with Crippen molar-refractivity contribution < 1.29 is 9.59 Å². The molecule has 4 aromatic rings. The molecule has 5 heterocycles. The zero-order valence-corrected chi connectivity index (χ0v) is 26.6. The monoisotopic (exact) mass is 607 g/mol. The maximum atomic E-state index is 13.1. The first kappa shape index (κ1) is 30.4. The molecule has 1 aromatic carbocycles. The number of hydrogen-bond acceptors (Lipinski definition) is 9. The number of likely N-dealkylation sites (N-methyl/N-ethyl adjacent to an activating group) is 2. The maximum Gasteiger partial charge on any atom is 0.251 e. The number of carbonyl (C=O) groups is 2. The van der Waals surface area contributed by atoms with Crippen molar-refractivity contribution in [3.8, 4) is 0 Å². The molecule has 11 nitrogen and oxygen atoms in total.